The van der Waals surface area contributed by atoms with E-state index in [1.54, 1.807) is 0 Å². The Balaban J connectivity index is 1.53. The lowest BCUT2D eigenvalue weighted by Gasteiger charge is -2.17. The Kier molecular flexibility index (Phi) is 4.80. The normalized spacial score (nSPS) is 16.6. The number of ether oxygens (including phenoxy) is 2. The van der Waals surface area contributed by atoms with Gasteiger partial charge in [-0.2, -0.15) is 0 Å². The van der Waals surface area contributed by atoms with Crippen LogP contribution in [0.2, 0.25) is 0 Å². The van der Waals surface area contributed by atoms with E-state index in [0.29, 0.717) is 11.3 Å². The second kappa shape index (κ2) is 7.74. The summed E-state index contributed by atoms with van der Waals surface area (Å²) >= 11 is 0. The van der Waals surface area contributed by atoms with Crippen LogP contribution in [0.1, 0.15) is 48.9 Å². The van der Waals surface area contributed by atoms with Gasteiger partial charge in [0.25, 0.3) is 5.91 Å². The van der Waals surface area contributed by atoms with Crippen molar-refractivity contribution in [3.8, 4) is 22.8 Å². The van der Waals surface area contributed by atoms with Crippen LogP contribution in [0.5, 0.6) is 11.5 Å². The van der Waals surface area contributed by atoms with E-state index < -0.39 is 0 Å². The van der Waals surface area contributed by atoms with E-state index in [4.69, 9.17) is 14.5 Å². The Bertz CT molecular complexity index is 1060. The number of carbonyl (C=O) groups is 1. The van der Waals surface area contributed by atoms with Crippen molar-refractivity contribution in [2.45, 2.75) is 44.6 Å². The van der Waals surface area contributed by atoms with Crippen LogP contribution in [0.15, 0.2) is 48.5 Å². The number of rotatable bonds is 3. The van der Waals surface area contributed by atoms with E-state index >= 15 is 0 Å². The molecule has 1 amide bonds. The molecule has 2 aromatic carbocycles. The highest BCUT2D eigenvalue weighted by Gasteiger charge is 2.20. The van der Waals surface area contributed by atoms with E-state index in [9.17, 15) is 4.79 Å². The number of para-hydroxylation sites is 1. The SMILES string of the molecule is O=C(NC1CCCCCC1)c1cc(-c2ccc3c(c2)OCO3)nc2ccccc12. The summed E-state index contributed by atoms with van der Waals surface area (Å²) in [5, 5.41) is 4.15. The van der Waals surface area contributed by atoms with Crippen molar-refractivity contribution in [2.75, 3.05) is 6.79 Å². The fourth-order valence-electron chi connectivity index (χ4n) is 4.25. The van der Waals surface area contributed by atoms with Gasteiger partial charge in [-0.15, -0.1) is 0 Å². The minimum absolute atomic E-state index is 0.0162. The average molecular weight is 388 g/mol. The number of carbonyl (C=O) groups excluding carboxylic acids is 1. The van der Waals surface area contributed by atoms with E-state index in [1.807, 2.05) is 48.5 Å². The highest BCUT2D eigenvalue weighted by Crippen LogP contribution is 2.36. The molecule has 2 aliphatic rings. The van der Waals surface area contributed by atoms with Crippen LogP contribution in [0.3, 0.4) is 0 Å². The first-order valence-corrected chi connectivity index (χ1v) is 10.4. The molecule has 0 radical (unpaired) electrons. The number of hydrogen-bond acceptors (Lipinski definition) is 4. The molecule has 1 aliphatic carbocycles. The van der Waals surface area contributed by atoms with Crippen molar-refractivity contribution in [3.05, 3.63) is 54.1 Å². The summed E-state index contributed by atoms with van der Waals surface area (Å²) in [7, 11) is 0. The molecule has 148 valence electrons. The molecule has 5 nitrogen and oxygen atoms in total. The van der Waals surface area contributed by atoms with Crippen LogP contribution in [0, 0.1) is 0 Å². The monoisotopic (exact) mass is 388 g/mol. The fourth-order valence-corrected chi connectivity index (χ4v) is 4.25. The summed E-state index contributed by atoms with van der Waals surface area (Å²) in [4.78, 5) is 18.0. The van der Waals surface area contributed by atoms with Gasteiger partial charge in [-0.1, -0.05) is 43.9 Å². The molecule has 0 unspecified atom stereocenters. The summed E-state index contributed by atoms with van der Waals surface area (Å²) in [6.07, 6.45) is 7.01. The smallest absolute Gasteiger partial charge is 0.252 e. The van der Waals surface area contributed by atoms with Crippen molar-refractivity contribution in [2.24, 2.45) is 0 Å². The zero-order chi connectivity index (χ0) is 19.6. The van der Waals surface area contributed by atoms with Crippen LogP contribution in [-0.2, 0) is 0 Å². The van der Waals surface area contributed by atoms with Crippen molar-refractivity contribution in [1.29, 1.82) is 0 Å². The van der Waals surface area contributed by atoms with Gasteiger partial charge in [0.2, 0.25) is 6.79 Å². The van der Waals surface area contributed by atoms with Gasteiger partial charge in [0.15, 0.2) is 11.5 Å². The van der Waals surface area contributed by atoms with Gasteiger partial charge >= 0.3 is 0 Å². The van der Waals surface area contributed by atoms with Crippen LogP contribution < -0.4 is 14.8 Å². The molecular formula is C24H24N2O3. The molecule has 0 spiro atoms. The van der Waals surface area contributed by atoms with Crippen LogP contribution in [-0.4, -0.2) is 23.7 Å². The number of aromatic nitrogens is 1. The highest BCUT2D eigenvalue weighted by atomic mass is 16.7. The van der Waals surface area contributed by atoms with Gasteiger partial charge in [0.1, 0.15) is 0 Å². The Morgan fingerprint density at radius 1 is 0.931 bits per heavy atom. The van der Waals surface area contributed by atoms with Gasteiger partial charge in [0.05, 0.1) is 16.8 Å². The molecule has 1 N–H and O–H groups in total. The molecule has 0 bridgehead atoms. The zero-order valence-electron chi connectivity index (χ0n) is 16.3. The predicted octanol–water partition coefficient (Wildman–Crippen LogP) is 5.08. The number of pyridine rings is 1. The highest BCUT2D eigenvalue weighted by molar-refractivity contribution is 6.07. The van der Waals surface area contributed by atoms with Crippen LogP contribution >= 0.6 is 0 Å². The topological polar surface area (TPSA) is 60.5 Å². The largest absolute Gasteiger partial charge is 0.454 e. The van der Waals surface area contributed by atoms with Crippen molar-refractivity contribution in [3.63, 3.8) is 0 Å². The molecule has 1 aliphatic heterocycles. The molecular weight excluding hydrogens is 364 g/mol. The first kappa shape index (κ1) is 18.0. The lowest BCUT2D eigenvalue weighted by molar-refractivity contribution is 0.0935. The Morgan fingerprint density at radius 3 is 2.59 bits per heavy atom. The van der Waals surface area contributed by atoms with E-state index in [-0.39, 0.29) is 18.7 Å². The Labute approximate surface area is 170 Å². The van der Waals surface area contributed by atoms with E-state index in [2.05, 4.69) is 5.32 Å². The van der Waals surface area contributed by atoms with Crippen molar-refractivity contribution >= 4 is 16.8 Å². The second-order valence-electron chi connectivity index (χ2n) is 7.80. The first-order valence-electron chi connectivity index (χ1n) is 10.4. The Morgan fingerprint density at radius 2 is 1.72 bits per heavy atom. The summed E-state index contributed by atoms with van der Waals surface area (Å²) in [6, 6.07) is 15.7. The van der Waals surface area contributed by atoms with Gasteiger partial charge in [0, 0.05) is 17.0 Å². The Hall–Kier alpha value is -3.08. The molecule has 0 atom stereocenters. The maximum absolute atomic E-state index is 13.2. The summed E-state index contributed by atoms with van der Waals surface area (Å²) in [5.41, 5.74) is 3.15. The van der Waals surface area contributed by atoms with E-state index in [1.165, 1.54) is 25.7 Å². The van der Waals surface area contributed by atoms with Gasteiger partial charge in [-0.3, -0.25) is 4.79 Å². The lowest BCUT2D eigenvalue weighted by Crippen LogP contribution is -2.34. The first-order chi connectivity index (χ1) is 14.3. The van der Waals surface area contributed by atoms with Crippen molar-refractivity contribution in [1.82, 2.24) is 10.3 Å². The summed E-state index contributed by atoms with van der Waals surface area (Å²) < 4.78 is 10.9. The molecule has 5 heteroatoms. The number of hydrogen-bond donors (Lipinski definition) is 1. The van der Waals surface area contributed by atoms with Gasteiger partial charge in [-0.25, -0.2) is 4.98 Å². The molecule has 0 saturated heterocycles. The minimum Gasteiger partial charge on any atom is -0.454 e. The molecule has 29 heavy (non-hydrogen) atoms. The quantitative estimate of drug-likeness (QED) is 0.636. The van der Waals surface area contributed by atoms with E-state index in [0.717, 1.165) is 40.8 Å². The number of nitrogens with one attached hydrogen (secondary N) is 1. The number of fused-ring (bicyclic) bond motifs is 2. The maximum Gasteiger partial charge on any atom is 0.252 e. The molecule has 1 fully saturated rings. The van der Waals surface area contributed by atoms with Gasteiger partial charge in [-0.05, 0) is 43.2 Å². The number of benzene rings is 2. The predicted molar refractivity (Wildman–Crippen MR) is 112 cm³/mol. The molecule has 1 aromatic heterocycles. The van der Waals surface area contributed by atoms with Crippen LogP contribution in [0.25, 0.3) is 22.2 Å². The molecule has 1 saturated carbocycles. The number of amides is 1. The second-order valence-corrected chi connectivity index (χ2v) is 7.80. The molecule has 3 aromatic rings. The third kappa shape index (κ3) is 3.65. The summed E-state index contributed by atoms with van der Waals surface area (Å²) in [5.74, 6) is 1.43. The number of nitrogens with zero attached hydrogens (tertiary/aromatic N) is 1. The fraction of sp³-hybridized carbons (Fsp3) is 0.333. The molecule has 2 heterocycles. The zero-order valence-corrected chi connectivity index (χ0v) is 16.3. The van der Waals surface area contributed by atoms with Crippen molar-refractivity contribution < 1.29 is 14.3 Å². The molecule has 5 rings (SSSR count). The minimum atomic E-state index is -0.0162. The lowest BCUT2D eigenvalue weighted by atomic mass is 10.0. The van der Waals surface area contributed by atoms with Crippen LogP contribution in [0.4, 0.5) is 0 Å². The third-order valence-corrected chi connectivity index (χ3v) is 5.82. The standard InChI is InChI=1S/C24H24N2O3/c27-24(25-17-7-3-1-2-4-8-17)19-14-21(26-20-10-6-5-9-18(19)20)16-11-12-22-23(13-16)29-15-28-22/h5-6,9-14,17H,1-4,7-8,15H2,(H,25,27). The summed E-state index contributed by atoms with van der Waals surface area (Å²) in [6.45, 7) is 0.235. The maximum atomic E-state index is 13.2. The third-order valence-electron chi connectivity index (χ3n) is 5.82. The van der Waals surface area contributed by atoms with Gasteiger partial charge < -0.3 is 14.8 Å². The average Bonchev–Trinajstić information content (AvgIpc) is 3.08.